The van der Waals surface area contributed by atoms with E-state index >= 15 is 0 Å². The summed E-state index contributed by atoms with van der Waals surface area (Å²) in [5.74, 6) is 0.829. The molecule has 0 spiro atoms. The van der Waals surface area contributed by atoms with Crippen molar-refractivity contribution >= 4 is 17.6 Å². The Hall–Kier alpha value is -2.07. The SMILES string of the molecule is CCNC(=NCc1ccc(Cl)nc1)NCCCc1ccccc1. The van der Waals surface area contributed by atoms with E-state index in [1.165, 1.54) is 5.56 Å². The van der Waals surface area contributed by atoms with Gasteiger partial charge >= 0.3 is 0 Å². The van der Waals surface area contributed by atoms with Crippen LogP contribution in [0.2, 0.25) is 5.15 Å². The van der Waals surface area contributed by atoms with Gasteiger partial charge < -0.3 is 10.6 Å². The number of aryl methyl sites for hydroxylation is 1. The maximum absolute atomic E-state index is 5.79. The second-order valence-electron chi connectivity index (χ2n) is 5.20. The van der Waals surface area contributed by atoms with E-state index in [2.05, 4.69) is 51.8 Å². The quantitative estimate of drug-likeness (QED) is 0.354. The Kier molecular flexibility index (Phi) is 7.40. The van der Waals surface area contributed by atoms with Gasteiger partial charge in [0.2, 0.25) is 0 Å². The Bertz CT molecular complexity index is 596. The molecular formula is C18H23ClN4. The molecule has 0 fully saturated rings. The van der Waals surface area contributed by atoms with Crippen molar-refractivity contribution in [1.82, 2.24) is 15.6 Å². The second kappa shape index (κ2) is 9.85. The minimum Gasteiger partial charge on any atom is -0.357 e. The van der Waals surface area contributed by atoms with Crippen LogP contribution in [-0.2, 0) is 13.0 Å². The van der Waals surface area contributed by atoms with Crippen LogP contribution >= 0.6 is 11.6 Å². The standard InChI is InChI=1S/C18H23ClN4/c1-2-20-18(23-14-16-10-11-17(19)22-13-16)21-12-6-9-15-7-4-3-5-8-15/h3-5,7-8,10-11,13H,2,6,9,12,14H2,1H3,(H2,20,21,23). The number of hydrogen-bond donors (Lipinski definition) is 2. The molecule has 0 aliphatic rings. The summed E-state index contributed by atoms with van der Waals surface area (Å²) in [6, 6.07) is 14.2. The molecule has 0 radical (unpaired) electrons. The first-order valence-electron chi connectivity index (χ1n) is 7.94. The highest BCUT2D eigenvalue weighted by Gasteiger charge is 1.99. The number of aromatic nitrogens is 1. The lowest BCUT2D eigenvalue weighted by atomic mass is 10.1. The maximum Gasteiger partial charge on any atom is 0.191 e. The number of benzene rings is 1. The number of rotatable bonds is 7. The van der Waals surface area contributed by atoms with Gasteiger partial charge in [0.15, 0.2) is 5.96 Å². The number of pyridine rings is 1. The predicted octanol–water partition coefficient (Wildman–Crippen LogP) is 3.42. The first kappa shape index (κ1) is 17.3. The van der Waals surface area contributed by atoms with Crippen molar-refractivity contribution in [2.75, 3.05) is 13.1 Å². The zero-order valence-electron chi connectivity index (χ0n) is 13.4. The van der Waals surface area contributed by atoms with Gasteiger partial charge in [-0.1, -0.05) is 48.0 Å². The molecule has 0 atom stereocenters. The highest BCUT2D eigenvalue weighted by atomic mass is 35.5. The molecule has 1 aromatic heterocycles. The zero-order chi connectivity index (χ0) is 16.3. The molecule has 1 heterocycles. The second-order valence-corrected chi connectivity index (χ2v) is 5.59. The van der Waals surface area contributed by atoms with E-state index in [1.54, 1.807) is 12.3 Å². The molecule has 0 saturated carbocycles. The van der Waals surface area contributed by atoms with Crippen LogP contribution in [0.4, 0.5) is 0 Å². The van der Waals surface area contributed by atoms with E-state index in [-0.39, 0.29) is 0 Å². The van der Waals surface area contributed by atoms with Gasteiger partial charge in [0.1, 0.15) is 5.15 Å². The smallest absolute Gasteiger partial charge is 0.191 e. The Morgan fingerprint density at radius 2 is 1.91 bits per heavy atom. The normalized spacial score (nSPS) is 11.3. The fourth-order valence-electron chi connectivity index (χ4n) is 2.16. The van der Waals surface area contributed by atoms with Gasteiger partial charge in [-0.15, -0.1) is 0 Å². The first-order valence-corrected chi connectivity index (χ1v) is 8.32. The summed E-state index contributed by atoms with van der Waals surface area (Å²) < 4.78 is 0. The van der Waals surface area contributed by atoms with Crippen molar-refractivity contribution in [2.45, 2.75) is 26.3 Å². The Morgan fingerprint density at radius 1 is 1.09 bits per heavy atom. The molecule has 0 aliphatic heterocycles. The van der Waals surface area contributed by atoms with Crippen LogP contribution in [0.15, 0.2) is 53.7 Å². The van der Waals surface area contributed by atoms with Crippen LogP contribution < -0.4 is 10.6 Å². The molecule has 23 heavy (non-hydrogen) atoms. The van der Waals surface area contributed by atoms with Crippen LogP contribution in [0.1, 0.15) is 24.5 Å². The van der Waals surface area contributed by atoms with E-state index in [4.69, 9.17) is 11.6 Å². The van der Waals surface area contributed by atoms with Gasteiger partial charge in [0, 0.05) is 19.3 Å². The van der Waals surface area contributed by atoms with Gasteiger partial charge in [-0.2, -0.15) is 0 Å². The average Bonchev–Trinajstić information content (AvgIpc) is 2.59. The van der Waals surface area contributed by atoms with Crippen LogP contribution in [-0.4, -0.2) is 24.0 Å². The lowest BCUT2D eigenvalue weighted by Gasteiger charge is -2.11. The summed E-state index contributed by atoms with van der Waals surface area (Å²) in [6.07, 6.45) is 3.88. The van der Waals surface area contributed by atoms with Crippen molar-refractivity contribution in [3.05, 3.63) is 64.9 Å². The summed E-state index contributed by atoms with van der Waals surface area (Å²) in [6.45, 7) is 4.37. The minimum absolute atomic E-state index is 0.503. The van der Waals surface area contributed by atoms with Gasteiger partial charge in [-0.25, -0.2) is 9.98 Å². The monoisotopic (exact) mass is 330 g/mol. The Labute approximate surface area is 143 Å². The van der Waals surface area contributed by atoms with Crippen LogP contribution in [0.25, 0.3) is 0 Å². The number of guanidine groups is 1. The number of halogens is 1. The third kappa shape index (κ3) is 6.70. The van der Waals surface area contributed by atoms with Gasteiger partial charge in [0.05, 0.1) is 6.54 Å². The highest BCUT2D eigenvalue weighted by molar-refractivity contribution is 6.29. The van der Waals surface area contributed by atoms with Gasteiger partial charge in [-0.3, -0.25) is 0 Å². The summed E-state index contributed by atoms with van der Waals surface area (Å²) in [4.78, 5) is 8.64. The molecule has 5 heteroatoms. The fraction of sp³-hybridized carbons (Fsp3) is 0.333. The molecule has 0 bridgehead atoms. The van der Waals surface area contributed by atoms with Gasteiger partial charge in [0.25, 0.3) is 0 Å². The number of nitrogens with one attached hydrogen (secondary N) is 2. The third-order valence-corrected chi connectivity index (χ3v) is 3.55. The molecule has 2 rings (SSSR count). The molecule has 2 N–H and O–H groups in total. The van der Waals surface area contributed by atoms with Crippen LogP contribution in [0, 0.1) is 0 Å². The van der Waals surface area contributed by atoms with Crippen molar-refractivity contribution in [3.8, 4) is 0 Å². The lowest BCUT2D eigenvalue weighted by molar-refractivity contribution is 0.743. The molecule has 122 valence electrons. The van der Waals surface area contributed by atoms with E-state index < -0.39 is 0 Å². The predicted molar refractivity (Wildman–Crippen MR) is 96.8 cm³/mol. The molecule has 0 saturated heterocycles. The van der Waals surface area contributed by atoms with E-state index in [1.807, 2.05) is 12.1 Å². The van der Waals surface area contributed by atoms with Gasteiger partial charge in [-0.05, 0) is 37.0 Å². The number of hydrogen-bond acceptors (Lipinski definition) is 2. The fourth-order valence-corrected chi connectivity index (χ4v) is 2.27. The van der Waals surface area contributed by atoms with Crippen molar-refractivity contribution in [1.29, 1.82) is 0 Å². The van der Waals surface area contributed by atoms with Crippen molar-refractivity contribution in [2.24, 2.45) is 4.99 Å². The van der Waals surface area contributed by atoms with E-state index in [0.717, 1.165) is 37.5 Å². The Morgan fingerprint density at radius 3 is 2.61 bits per heavy atom. The zero-order valence-corrected chi connectivity index (χ0v) is 14.2. The number of nitrogens with zero attached hydrogens (tertiary/aromatic N) is 2. The van der Waals surface area contributed by atoms with E-state index in [9.17, 15) is 0 Å². The molecule has 1 aromatic carbocycles. The molecule has 2 aromatic rings. The summed E-state index contributed by atoms with van der Waals surface area (Å²) >= 11 is 5.79. The summed E-state index contributed by atoms with van der Waals surface area (Å²) in [7, 11) is 0. The van der Waals surface area contributed by atoms with Crippen molar-refractivity contribution < 1.29 is 0 Å². The lowest BCUT2D eigenvalue weighted by Crippen LogP contribution is -2.37. The molecule has 4 nitrogen and oxygen atoms in total. The molecule has 0 amide bonds. The molecular weight excluding hydrogens is 308 g/mol. The van der Waals surface area contributed by atoms with E-state index in [0.29, 0.717) is 11.7 Å². The molecule has 0 aliphatic carbocycles. The highest BCUT2D eigenvalue weighted by Crippen LogP contribution is 2.06. The average molecular weight is 331 g/mol. The van der Waals surface area contributed by atoms with Crippen LogP contribution in [0.5, 0.6) is 0 Å². The number of aliphatic imine (C=N–C) groups is 1. The summed E-state index contributed by atoms with van der Waals surface area (Å²) in [5.41, 5.74) is 2.40. The first-order chi connectivity index (χ1) is 11.3. The minimum atomic E-state index is 0.503. The molecule has 0 unspecified atom stereocenters. The Balaban J connectivity index is 1.78. The topological polar surface area (TPSA) is 49.3 Å². The van der Waals surface area contributed by atoms with Crippen molar-refractivity contribution in [3.63, 3.8) is 0 Å². The van der Waals surface area contributed by atoms with Crippen LogP contribution in [0.3, 0.4) is 0 Å². The third-order valence-electron chi connectivity index (χ3n) is 3.33. The largest absolute Gasteiger partial charge is 0.357 e. The summed E-state index contributed by atoms with van der Waals surface area (Å²) in [5, 5.41) is 7.12. The maximum atomic E-state index is 5.79.